The zero-order valence-electron chi connectivity index (χ0n) is 25.7. The number of nitrogens with zero attached hydrogens (tertiary/aromatic N) is 1. The fourth-order valence-corrected chi connectivity index (χ4v) is 7.57. The van der Waals surface area contributed by atoms with Gasteiger partial charge in [-0.3, -0.25) is 0 Å². The van der Waals surface area contributed by atoms with Crippen LogP contribution in [0.5, 0.6) is 0 Å². The third kappa shape index (κ3) is 4.10. The first-order valence-electron chi connectivity index (χ1n) is 16.3. The third-order valence-corrected chi connectivity index (χ3v) is 9.90. The Balaban J connectivity index is 1.17. The molecule has 1 aliphatic rings. The van der Waals surface area contributed by atoms with Crippen LogP contribution in [0, 0.1) is 0 Å². The van der Waals surface area contributed by atoms with Crippen molar-refractivity contribution >= 4 is 60.2 Å². The van der Waals surface area contributed by atoms with Crippen LogP contribution in [0.1, 0.15) is 0 Å². The summed E-state index contributed by atoms with van der Waals surface area (Å²) >= 11 is 0. The molecule has 0 unspecified atom stereocenters. The summed E-state index contributed by atoms with van der Waals surface area (Å²) in [5.41, 5.74) is 11.3. The molecule has 9 aromatic carbocycles. The molecule has 218 valence electrons. The molecule has 0 atom stereocenters. The van der Waals surface area contributed by atoms with Gasteiger partial charge in [0.25, 0.3) is 0 Å². The summed E-state index contributed by atoms with van der Waals surface area (Å²) in [5.74, 6) is 0. The van der Waals surface area contributed by atoms with Crippen LogP contribution in [-0.2, 0) is 0 Å². The molecule has 0 spiro atoms. The third-order valence-electron chi connectivity index (χ3n) is 9.90. The summed E-state index contributed by atoms with van der Waals surface area (Å²) < 4.78 is 0. The number of hydrogen-bond donors (Lipinski definition) is 0. The van der Waals surface area contributed by atoms with E-state index < -0.39 is 0 Å². The summed E-state index contributed by atoms with van der Waals surface area (Å²) in [6.07, 6.45) is 0. The Hall–Kier alpha value is -6.18. The molecule has 0 saturated carbocycles. The van der Waals surface area contributed by atoms with E-state index in [1.165, 1.54) is 82.2 Å². The standard InChI is InChI=1S/C46H29N/c1-2-10-30(11-3-1)31-18-21-37(22-19-31)47(46-29-35-14-6-7-15-39(35)40-16-8-9-17-41(40)46)38-23-20-34-27-44-42-25-32-12-4-5-13-33(32)26-43(42)45(44)28-36(34)24-38/h1-29H. The molecule has 9 aromatic rings. The number of hydrogen-bond acceptors (Lipinski definition) is 1. The van der Waals surface area contributed by atoms with E-state index in [4.69, 9.17) is 0 Å². The van der Waals surface area contributed by atoms with E-state index in [0.717, 1.165) is 11.4 Å². The van der Waals surface area contributed by atoms with Gasteiger partial charge in [-0.1, -0.05) is 121 Å². The minimum Gasteiger partial charge on any atom is -0.310 e. The first-order valence-corrected chi connectivity index (χ1v) is 16.3. The van der Waals surface area contributed by atoms with Gasteiger partial charge < -0.3 is 4.90 Å². The minimum absolute atomic E-state index is 1.13. The smallest absolute Gasteiger partial charge is 0.0546 e. The zero-order chi connectivity index (χ0) is 30.9. The van der Waals surface area contributed by atoms with Crippen molar-refractivity contribution in [3.8, 4) is 33.4 Å². The molecule has 0 aliphatic heterocycles. The first kappa shape index (κ1) is 26.1. The number of fused-ring (bicyclic) bond motifs is 9. The zero-order valence-corrected chi connectivity index (χ0v) is 25.7. The van der Waals surface area contributed by atoms with E-state index in [0.29, 0.717) is 0 Å². The molecule has 1 heteroatoms. The predicted octanol–water partition coefficient (Wildman–Crippen LogP) is 13.1. The van der Waals surface area contributed by atoms with Crippen LogP contribution in [0.15, 0.2) is 176 Å². The van der Waals surface area contributed by atoms with Gasteiger partial charge in [0.15, 0.2) is 0 Å². The topological polar surface area (TPSA) is 3.24 Å². The van der Waals surface area contributed by atoms with Crippen molar-refractivity contribution in [2.24, 2.45) is 0 Å². The molecule has 10 rings (SSSR count). The quantitative estimate of drug-likeness (QED) is 0.183. The van der Waals surface area contributed by atoms with Crippen LogP contribution >= 0.6 is 0 Å². The Bertz CT molecular complexity index is 2670. The van der Waals surface area contributed by atoms with Crippen molar-refractivity contribution in [3.05, 3.63) is 176 Å². The van der Waals surface area contributed by atoms with Crippen molar-refractivity contribution in [2.45, 2.75) is 0 Å². The van der Waals surface area contributed by atoms with Gasteiger partial charge in [0.1, 0.15) is 0 Å². The average Bonchev–Trinajstić information content (AvgIpc) is 3.14. The molecule has 0 heterocycles. The minimum atomic E-state index is 1.13. The Morgan fingerprint density at radius 1 is 0.277 bits per heavy atom. The highest BCUT2D eigenvalue weighted by molar-refractivity contribution is 6.15. The second kappa shape index (κ2) is 10.2. The fourth-order valence-electron chi connectivity index (χ4n) is 7.57. The highest BCUT2D eigenvalue weighted by Crippen LogP contribution is 2.51. The van der Waals surface area contributed by atoms with Gasteiger partial charge in [-0.15, -0.1) is 0 Å². The van der Waals surface area contributed by atoms with Crippen LogP contribution in [0.2, 0.25) is 0 Å². The molecular formula is C46H29N. The lowest BCUT2D eigenvalue weighted by Gasteiger charge is -2.29. The lowest BCUT2D eigenvalue weighted by Crippen LogP contribution is -2.11. The first-order chi connectivity index (χ1) is 23.3. The van der Waals surface area contributed by atoms with E-state index in [2.05, 4.69) is 181 Å². The Labute approximate surface area is 273 Å². The maximum atomic E-state index is 2.43. The van der Waals surface area contributed by atoms with Crippen LogP contribution in [0.3, 0.4) is 0 Å². The number of benzene rings is 9. The van der Waals surface area contributed by atoms with E-state index in [9.17, 15) is 0 Å². The molecule has 1 aliphatic carbocycles. The Morgan fingerprint density at radius 3 is 1.45 bits per heavy atom. The molecule has 0 radical (unpaired) electrons. The van der Waals surface area contributed by atoms with E-state index in [-0.39, 0.29) is 0 Å². The molecule has 0 fully saturated rings. The van der Waals surface area contributed by atoms with Crippen molar-refractivity contribution in [1.82, 2.24) is 0 Å². The van der Waals surface area contributed by atoms with Gasteiger partial charge in [-0.25, -0.2) is 0 Å². The second-order valence-electron chi connectivity index (χ2n) is 12.6. The highest BCUT2D eigenvalue weighted by atomic mass is 15.1. The molecular weight excluding hydrogens is 567 g/mol. The largest absolute Gasteiger partial charge is 0.310 e. The van der Waals surface area contributed by atoms with Gasteiger partial charge in [-0.05, 0) is 126 Å². The highest BCUT2D eigenvalue weighted by Gasteiger charge is 2.24. The normalized spacial score (nSPS) is 11.8. The van der Waals surface area contributed by atoms with Crippen LogP contribution in [0.25, 0.3) is 76.5 Å². The summed E-state index contributed by atoms with van der Waals surface area (Å²) in [4.78, 5) is 2.43. The Morgan fingerprint density at radius 2 is 0.766 bits per heavy atom. The second-order valence-corrected chi connectivity index (χ2v) is 12.6. The van der Waals surface area contributed by atoms with E-state index >= 15 is 0 Å². The van der Waals surface area contributed by atoms with Gasteiger partial charge >= 0.3 is 0 Å². The van der Waals surface area contributed by atoms with Gasteiger partial charge in [0, 0.05) is 16.8 Å². The molecule has 47 heavy (non-hydrogen) atoms. The lowest BCUT2D eigenvalue weighted by atomic mass is 9.78. The summed E-state index contributed by atoms with van der Waals surface area (Å²) in [7, 11) is 0. The van der Waals surface area contributed by atoms with Crippen molar-refractivity contribution in [1.29, 1.82) is 0 Å². The van der Waals surface area contributed by atoms with Gasteiger partial charge in [-0.2, -0.15) is 0 Å². The summed E-state index contributed by atoms with van der Waals surface area (Å²) in [6.45, 7) is 0. The van der Waals surface area contributed by atoms with E-state index in [1.807, 2.05) is 0 Å². The summed E-state index contributed by atoms with van der Waals surface area (Å²) in [5, 5.41) is 10.1. The molecule has 0 N–H and O–H groups in total. The van der Waals surface area contributed by atoms with Gasteiger partial charge in [0.2, 0.25) is 0 Å². The monoisotopic (exact) mass is 595 g/mol. The van der Waals surface area contributed by atoms with Crippen molar-refractivity contribution in [2.75, 3.05) is 4.90 Å². The number of anilines is 3. The Kier molecular flexibility index (Phi) is 5.64. The molecule has 1 nitrogen and oxygen atoms in total. The van der Waals surface area contributed by atoms with Crippen LogP contribution in [0.4, 0.5) is 17.1 Å². The number of rotatable bonds is 4. The van der Waals surface area contributed by atoms with E-state index in [1.54, 1.807) is 0 Å². The maximum Gasteiger partial charge on any atom is 0.0546 e. The lowest BCUT2D eigenvalue weighted by molar-refractivity contribution is 1.31. The average molecular weight is 596 g/mol. The van der Waals surface area contributed by atoms with Crippen molar-refractivity contribution < 1.29 is 0 Å². The molecule has 0 saturated heterocycles. The van der Waals surface area contributed by atoms with Crippen LogP contribution < -0.4 is 4.90 Å². The maximum absolute atomic E-state index is 2.43. The molecule has 0 bridgehead atoms. The summed E-state index contributed by atoms with van der Waals surface area (Å²) in [6, 6.07) is 64.5. The predicted molar refractivity (Wildman–Crippen MR) is 201 cm³/mol. The SMILES string of the molecule is c1ccc(-c2ccc(N(c3ccc4cc5c(cc4c3)-c3cc4ccccc4cc3-5)c3cc4ccccc4c4ccccc34)cc2)cc1. The van der Waals surface area contributed by atoms with Crippen LogP contribution in [-0.4, -0.2) is 0 Å². The molecule has 0 amide bonds. The van der Waals surface area contributed by atoms with Crippen molar-refractivity contribution in [3.63, 3.8) is 0 Å². The molecule has 0 aromatic heterocycles. The van der Waals surface area contributed by atoms with Gasteiger partial charge in [0.05, 0.1) is 5.69 Å². The fraction of sp³-hybridized carbons (Fsp3) is 0.